The van der Waals surface area contributed by atoms with Crippen LogP contribution >= 0.6 is 0 Å². The molecule has 2 unspecified atom stereocenters. The van der Waals surface area contributed by atoms with Gasteiger partial charge in [-0.3, -0.25) is 65.6 Å². The van der Waals surface area contributed by atoms with E-state index in [2.05, 4.69) is 0 Å². The lowest BCUT2D eigenvalue weighted by Gasteiger charge is -2.33. The number of anilines is 1. The minimum atomic E-state index is -3.92. The first-order valence-electron chi connectivity index (χ1n) is 7.95. The normalized spacial score (nSPS) is 20.5. The van der Waals surface area contributed by atoms with Crippen LogP contribution in [0, 0.1) is 60.7 Å². The number of nitro groups is 6. The predicted molar refractivity (Wildman–Crippen MR) is 97.4 cm³/mol. The highest BCUT2D eigenvalue weighted by molar-refractivity contribution is 5.53. The van der Waals surface area contributed by atoms with Gasteiger partial charge in [0, 0.05) is 17.7 Å². The van der Waals surface area contributed by atoms with Crippen molar-refractivity contribution in [1.82, 2.24) is 0 Å². The quantitative estimate of drug-likeness (QED) is 0.290. The summed E-state index contributed by atoms with van der Waals surface area (Å²) in [7, 11) is 0.699. The average Bonchev–Trinajstić information content (AvgIpc) is 2.70. The van der Waals surface area contributed by atoms with Crippen LogP contribution in [0.1, 0.15) is 0 Å². The van der Waals surface area contributed by atoms with E-state index < -0.39 is 64.0 Å². The van der Waals surface area contributed by atoms with Gasteiger partial charge >= 0.3 is 34.5 Å². The van der Waals surface area contributed by atoms with Crippen molar-refractivity contribution >= 4 is 5.69 Å². The summed E-state index contributed by atoms with van der Waals surface area (Å²) in [6.45, 7) is 0. The van der Waals surface area contributed by atoms with Gasteiger partial charge in [-0.2, -0.15) is 0 Å². The minimum Gasteiger partial charge on any atom is -0.295 e. The molecule has 0 saturated carbocycles. The highest BCUT2D eigenvalue weighted by Gasteiger charge is 2.84. The number of benzene rings is 1. The van der Waals surface area contributed by atoms with E-state index in [1.165, 1.54) is 18.2 Å². The van der Waals surface area contributed by atoms with Crippen molar-refractivity contribution in [3.05, 3.63) is 114 Å². The summed E-state index contributed by atoms with van der Waals surface area (Å²) in [5.41, 5.74) is -13.0. The molecule has 0 bridgehead atoms. The summed E-state index contributed by atoms with van der Waals surface area (Å²) in [5, 5.41) is 70.4. The molecule has 0 aliphatic heterocycles. The largest absolute Gasteiger partial charge is 0.470 e. The molecule has 2 rings (SSSR count). The van der Waals surface area contributed by atoms with Gasteiger partial charge in [-0.15, -0.1) is 0 Å². The van der Waals surface area contributed by atoms with E-state index in [1.54, 1.807) is 0 Å². The molecule has 0 spiro atoms. The third-order valence-corrected chi connectivity index (χ3v) is 4.57. The Morgan fingerprint density at radius 1 is 0.750 bits per heavy atom. The Hall–Kier alpha value is -5.10. The second kappa shape index (κ2) is 7.97. The number of hydrogen-bond acceptors (Lipinski definition) is 13. The number of nitrogens with zero attached hydrogens (tertiary/aromatic N) is 7. The van der Waals surface area contributed by atoms with Crippen LogP contribution in [-0.4, -0.2) is 48.3 Å². The van der Waals surface area contributed by atoms with E-state index in [4.69, 9.17) is 0 Å². The second-order valence-corrected chi connectivity index (χ2v) is 6.03. The molecule has 19 heteroatoms. The van der Waals surface area contributed by atoms with Crippen LogP contribution in [0.4, 0.5) is 5.69 Å². The van der Waals surface area contributed by atoms with E-state index in [9.17, 15) is 60.7 Å². The molecule has 0 fully saturated rings. The first-order chi connectivity index (χ1) is 14.8. The van der Waals surface area contributed by atoms with Gasteiger partial charge in [0.25, 0.3) is 0 Å². The Morgan fingerprint density at radius 2 is 1.25 bits per heavy atom. The molecule has 0 aromatic heterocycles. The second-order valence-electron chi connectivity index (χ2n) is 6.03. The fourth-order valence-corrected chi connectivity index (χ4v) is 3.36. The van der Waals surface area contributed by atoms with Crippen molar-refractivity contribution in [2.24, 2.45) is 0 Å². The van der Waals surface area contributed by atoms with E-state index in [0.717, 1.165) is 12.1 Å². The maximum Gasteiger partial charge on any atom is 0.470 e. The van der Waals surface area contributed by atoms with E-state index in [1.807, 2.05) is 0 Å². The topological polar surface area (TPSA) is 262 Å². The van der Waals surface area contributed by atoms with Crippen molar-refractivity contribution in [3.8, 4) is 0 Å². The number of para-hydroxylation sites is 1. The lowest BCUT2D eigenvalue weighted by atomic mass is 9.84. The van der Waals surface area contributed by atoms with Crippen molar-refractivity contribution in [3.63, 3.8) is 0 Å². The summed E-state index contributed by atoms with van der Waals surface area (Å²) in [4.78, 5) is 60.2. The molecule has 0 heterocycles. The molecule has 1 aliphatic rings. The monoisotopic (exact) mass is 455 g/mol. The molecule has 2 atom stereocenters. The maximum absolute atomic E-state index is 12.2. The van der Waals surface area contributed by atoms with Crippen LogP contribution in [0.2, 0.25) is 0 Å². The molecule has 0 saturated heterocycles. The number of rotatable bonds is 8. The van der Waals surface area contributed by atoms with Gasteiger partial charge in [0.05, 0.1) is 24.6 Å². The van der Waals surface area contributed by atoms with Gasteiger partial charge in [-0.05, 0) is 12.1 Å². The number of likely N-dealkylation sites (N-methyl/N-ethyl adjacent to an activating group) is 1. The third-order valence-electron chi connectivity index (χ3n) is 4.57. The predicted octanol–water partition coefficient (Wildman–Crippen LogP) is 0.285. The molecule has 0 amide bonds. The standard InChI is InChI=1S/C13H9N7O12/c1-14(7-5-3-2-4-6-7)13(20(31)32)11(18(27)28)9(16(23)24)8(15(21)22)10(17(25)26)12(13)19(29)30/h2-6,11H,1H3. The molecular formula is C13H9N7O12. The van der Waals surface area contributed by atoms with Crippen LogP contribution < -0.4 is 4.90 Å². The van der Waals surface area contributed by atoms with Crippen LogP contribution in [0.5, 0.6) is 0 Å². The van der Waals surface area contributed by atoms with Crippen molar-refractivity contribution in [2.75, 3.05) is 11.9 Å². The van der Waals surface area contributed by atoms with Gasteiger partial charge in [0.2, 0.25) is 0 Å². The maximum atomic E-state index is 12.2. The minimum absolute atomic E-state index is 0.252. The van der Waals surface area contributed by atoms with Gasteiger partial charge in [0.15, 0.2) is 0 Å². The van der Waals surface area contributed by atoms with Gasteiger partial charge in [0.1, 0.15) is 0 Å². The van der Waals surface area contributed by atoms with E-state index in [-0.39, 0.29) is 10.6 Å². The fourth-order valence-electron chi connectivity index (χ4n) is 3.36. The Balaban J connectivity index is 3.27. The van der Waals surface area contributed by atoms with Crippen molar-refractivity contribution < 1.29 is 29.5 Å². The Bertz CT molecular complexity index is 1130. The van der Waals surface area contributed by atoms with Crippen molar-refractivity contribution in [2.45, 2.75) is 11.7 Å². The molecule has 0 radical (unpaired) electrons. The molecule has 1 aromatic rings. The first-order valence-corrected chi connectivity index (χ1v) is 7.95. The summed E-state index contributed by atoms with van der Waals surface area (Å²) in [5.74, 6) is 0. The van der Waals surface area contributed by atoms with E-state index in [0.29, 0.717) is 7.05 Å². The van der Waals surface area contributed by atoms with Crippen LogP contribution in [0.15, 0.2) is 53.1 Å². The Labute approximate surface area is 173 Å². The molecule has 1 aromatic carbocycles. The SMILES string of the molecule is CN(c1ccccc1)C1([N+](=O)[O-])C([N+](=O)[O-])=C([N+](=O)[O-])C([N+](=O)[O-])=C([N+](=O)[O-])C1[N+](=O)[O-]. The Kier molecular flexibility index (Phi) is 5.77. The average molecular weight is 455 g/mol. The van der Waals surface area contributed by atoms with E-state index >= 15 is 0 Å². The van der Waals surface area contributed by atoms with Gasteiger partial charge in [-0.25, -0.2) is 0 Å². The molecule has 1 aliphatic carbocycles. The Morgan fingerprint density at radius 3 is 1.59 bits per heavy atom. The van der Waals surface area contributed by atoms with Crippen LogP contribution in [0.25, 0.3) is 0 Å². The van der Waals surface area contributed by atoms with Crippen LogP contribution in [0.3, 0.4) is 0 Å². The molecule has 32 heavy (non-hydrogen) atoms. The van der Waals surface area contributed by atoms with Gasteiger partial charge < -0.3 is 0 Å². The summed E-state index contributed by atoms with van der Waals surface area (Å²) in [6.07, 6.45) is 0. The highest BCUT2D eigenvalue weighted by atomic mass is 16.7. The first kappa shape index (κ1) is 23.2. The lowest BCUT2D eigenvalue weighted by molar-refractivity contribution is -0.680. The van der Waals surface area contributed by atoms with Gasteiger partial charge in [-0.1, -0.05) is 18.2 Å². The van der Waals surface area contributed by atoms with Crippen molar-refractivity contribution in [1.29, 1.82) is 0 Å². The smallest absolute Gasteiger partial charge is 0.295 e. The third kappa shape index (κ3) is 3.18. The molecule has 0 N–H and O–H groups in total. The number of hydrogen-bond donors (Lipinski definition) is 0. The summed E-state index contributed by atoms with van der Waals surface area (Å²) in [6, 6.07) is 2.65. The zero-order valence-electron chi connectivity index (χ0n) is 15.5. The zero-order valence-corrected chi connectivity index (χ0v) is 15.5. The summed E-state index contributed by atoms with van der Waals surface area (Å²) >= 11 is 0. The zero-order chi connectivity index (χ0) is 24.5. The fraction of sp³-hybridized carbons (Fsp3) is 0.231. The molecule has 168 valence electrons. The lowest BCUT2D eigenvalue weighted by Crippen LogP contribution is -2.69. The molecule has 19 nitrogen and oxygen atoms in total. The highest BCUT2D eigenvalue weighted by Crippen LogP contribution is 2.45. The molecular weight excluding hydrogens is 446 g/mol. The van der Waals surface area contributed by atoms with Crippen LogP contribution in [-0.2, 0) is 0 Å². The summed E-state index contributed by atoms with van der Waals surface area (Å²) < 4.78 is 0.